The second-order valence-corrected chi connectivity index (χ2v) is 7.52. The Morgan fingerprint density at radius 3 is 2.45 bits per heavy atom. The zero-order valence-electron chi connectivity index (χ0n) is 17.5. The van der Waals surface area contributed by atoms with E-state index in [4.69, 9.17) is 4.74 Å². The van der Waals surface area contributed by atoms with Gasteiger partial charge in [-0.25, -0.2) is 24.3 Å². The number of hydrogen-bond donors (Lipinski definition) is 0. The van der Waals surface area contributed by atoms with Gasteiger partial charge in [0, 0.05) is 36.9 Å². The smallest absolute Gasteiger partial charge is 0.419 e. The molecule has 2 atom stereocenters. The van der Waals surface area contributed by atoms with Gasteiger partial charge in [0.15, 0.2) is 5.82 Å². The standard InChI is InChI=1S/C22H19F4N5O2/c1-13-17(33-21-29-11-14(12-30-21)22(24,25)26)7-3-10-31(13)20(32)18-15(5-2-6-16(18)23)19-27-8-4-9-28-19/h2,4-6,8-9,11-13,17H,3,7,10H2,1H3. The van der Waals surface area contributed by atoms with Crippen LogP contribution < -0.4 is 4.74 Å². The Kier molecular flexibility index (Phi) is 6.21. The molecule has 33 heavy (non-hydrogen) atoms. The molecule has 0 radical (unpaired) electrons. The summed E-state index contributed by atoms with van der Waals surface area (Å²) >= 11 is 0. The minimum absolute atomic E-state index is 0.151. The van der Waals surface area contributed by atoms with E-state index in [1.807, 2.05) is 0 Å². The molecule has 2 aromatic heterocycles. The first-order valence-electron chi connectivity index (χ1n) is 10.2. The van der Waals surface area contributed by atoms with Crippen LogP contribution in [-0.2, 0) is 6.18 Å². The van der Waals surface area contributed by atoms with Gasteiger partial charge in [-0.15, -0.1) is 0 Å². The van der Waals surface area contributed by atoms with Crippen LogP contribution in [0.3, 0.4) is 0 Å². The quantitative estimate of drug-likeness (QED) is 0.543. The molecule has 7 nitrogen and oxygen atoms in total. The molecule has 3 aromatic rings. The van der Waals surface area contributed by atoms with Crippen LogP contribution in [0.1, 0.15) is 35.7 Å². The van der Waals surface area contributed by atoms with Crippen molar-refractivity contribution in [3.63, 3.8) is 0 Å². The van der Waals surface area contributed by atoms with Gasteiger partial charge in [-0.05, 0) is 31.9 Å². The van der Waals surface area contributed by atoms with Crippen LogP contribution in [-0.4, -0.2) is 49.4 Å². The lowest BCUT2D eigenvalue weighted by atomic mass is 9.97. The van der Waals surface area contributed by atoms with Crippen molar-refractivity contribution in [2.75, 3.05) is 6.54 Å². The molecule has 0 spiro atoms. The van der Waals surface area contributed by atoms with Crippen LogP contribution in [0.2, 0.25) is 0 Å². The lowest BCUT2D eigenvalue weighted by Gasteiger charge is -2.39. The van der Waals surface area contributed by atoms with Crippen molar-refractivity contribution < 1.29 is 27.1 Å². The highest BCUT2D eigenvalue weighted by Gasteiger charge is 2.36. The molecule has 0 saturated carbocycles. The van der Waals surface area contributed by atoms with Crippen molar-refractivity contribution in [2.24, 2.45) is 0 Å². The van der Waals surface area contributed by atoms with Crippen molar-refractivity contribution in [3.05, 3.63) is 66.0 Å². The predicted octanol–water partition coefficient (Wildman–Crippen LogP) is 4.16. The fourth-order valence-electron chi connectivity index (χ4n) is 3.72. The van der Waals surface area contributed by atoms with Gasteiger partial charge >= 0.3 is 12.2 Å². The van der Waals surface area contributed by atoms with E-state index in [2.05, 4.69) is 19.9 Å². The average Bonchev–Trinajstić information content (AvgIpc) is 2.80. The second kappa shape index (κ2) is 9.08. The Labute approximate surface area is 186 Å². The summed E-state index contributed by atoms with van der Waals surface area (Å²) < 4.78 is 58.7. The molecule has 1 aliphatic rings. The number of ether oxygens (including phenoxy) is 1. The van der Waals surface area contributed by atoms with Gasteiger partial charge in [0.25, 0.3) is 5.91 Å². The molecule has 4 rings (SSSR count). The van der Waals surface area contributed by atoms with E-state index in [0.29, 0.717) is 31.8 Å². The van der Waals surface area contributed by atoms with Gasteiger partial charge in [0.1, 0.15) is 11.9 Å². The number of carbonyl (C=O) groups excluding carboxylic acids is 1. The Morgan fingerprint density at radius 2 is 1.79 bits per heavy atom. The van der Waals surface area contributed by atoms with Crippen molar-refractivity contribution in [1.82, 2.24) is 24.8 Å². The molecule has 3 heterocycles. The SMILES string of the molecule is CC1C(Oc2ncc(C(F)(F)F)cn2)CCCN1C(=O)c1c(F)cccc1-c1ncccn1. The summed E-state index contributed by atoms with van der Waals surface area (Å²) in [7, 11) is 0. The summed E-state index contributed by atoms with van der Waals surface area (Å²) in [6.07, 6.45) is 0.225. The van der Waals surface area contributed by atoms with Crippen LogP contribution in [0, 0.1) is 5.82 Å². The van der Waals surface area contributed by atoms with Crippen LogP contribution in [0.4, 0.5) is 17.6 Å². The van der Waals surface area contributed by atoms with E-state index in [-0.39, 0.29) is 23.0 Å². The fraction of sp³-hybridized carbons (Fsp3) is 0.318. The van der Waals surface area contributed by atoms with Crippen molar-refractivity contribution in [1.29, 1.82) is 0 Å². The number of nitrogens with zero attached hydrogens (tertiary/aromatic N) is 5. The third kappa shape index (κ3) is 4.76. The molecule has 1 aliphatic heterocycles. The first kappa shape index (κ1) is 22.6. The first-order chi connectivity index (χ1) is 15.8. The maximum absolute atomic E-state index is 14.8. The average molecular weight is 461 g/mol. The number of halogens is 4. The highest BCUT2D eigenvalue weighted by molar-refractivity contribution is 6.00. The number of carbonyl (C=O) groups is 1. The van der Waals surface area contributed by atoms with Crippen LogP contribution in [0.15, 0.2) is 49.1 Å². The van der Waals surface area contributed by atoms with Crippen molar-refractivity contribution >= 4 is 5.91 Å². The van der Waals surface area contributed by atoms with E-state index in [0.717, 1.165) is 0 Å². The maximum Gasteiger partial charge on any atom is 0.419 e. The monoisotopic (exact) mass is 461 g/mol. The molecular formula is C22H19F4N5O2. The predicted molar refractivity (Wildman–Crippen MR) is 109 cm³/mol. The van der Waals surface area contributed by atoms with Gasteiger partial charge < -0.3 is 9.64 Å². The molecule has 1 aromatic carbocycles. The number of piperidine rings is 1. The number of hydrogen-bond acceptors (Lipinski definition) is 6. The van der Waals surface area contributed by atoms with Crippen LogP contribution in [0.5, 0.6) is 6.01 Å². The summed E-state index contributed by atoms with van der Waals surface area (Å²) in [5.74, 6) is -1.04. The Morgan fingerprint density at radius 1 is 1.09 bits per heavy atom. The summed E-state index contributed by atoms with van der Waals surface area (Å²) in [5, 5.41) is 0. The van der Waals surface area contributed by atoms with Gasteiger partial charge in [0.2, 0.25) is 0 Å². The molecule has 1 fully saturated rings. The molecule has 0 aliphatic carbocycles. The number of alkyl halides is 3. The molecule has 1 saturated heterocycles. The Balaban J connectivity index is 1.56. The highest BCUT2D eigenvalue weighted by Crippen LogP contribution is 2.30. The van der Waals surface area contributed by atoms with Gasteiger partial charge in [-0.3, -0.25) is 4.79 Å². The Bertz CT molecular complexity index is 1130. The third-order valence-corrected chi connectivity index (χ3v) is 5.42. The zero-order valence-corrected chi connectivity index (χ0v) is 17.5. The fourth-order valence-corrected chi connectivity index (χ4v) is 3.72. The maximum atomic E-state index is 14.8. The van der Waals surface area contributed by atoms with Gasteiger partial charge in [-0.1, -0.05) is 12.1 Å². The van der Waals surface area contributed by atoms with Gasteiger partial charge in [-0.2, -0.15) is 13.2 Å². The summed E-state index contributed by atoms with van der Waals surface area (Å²) in [6, 6.07) is 5.12. The highest BCUT2D eigenvalue weighted by atomic mass is 19.4. The second-order valence-electron chi connectivity index (χ2n) is 7.52. The number of amides is 1. The summed E-state index contributed by atoms with van der Waals surface area (Å²) in [4.78, 5) is 30.4. The molecule has 1 amide bonds. The number of benzene rings is 1. The number of likely N-dealkylation sites (tertiary alicyclic amines) is 1. The number of rotatable bonds is 4. The van der Waals surface area contributed by atoms with E-state index in [1.165, 1.54) is 29.4 Å². The minimum atomic E-state index is -4.56. The molecule has 172 valence electrons. The Hall–Kier alpha value is -3.63. The molecule has 0 N–H and O–H groups in total. The van der Waals surface area contributed by atoms with Gasteiger partial charge in [0.05, 0.1) is 17.2 Å². The third-order valence-electron chi connectivity index (χ3n) is 5.42. The lowest BCUT2D eigenvalue weighted by Crippen LogP contribution is -2.51. The van der Waals surface area contributed by atoms with Crippen LogP contribution in [0.25, 0.3) is 11.4 Å². The summed E-state index contributed by atoms with van der Waals surface area (Å²) in [6.45, 7) is 2.09. The first-order valence-corrected chi connectivity index (χ1v) is 10.2. The van der Waals surface area contributed by atoms with E-state index >= 15 is 0 Å². The van der Waals surface area contributed by atoms with E-state index < -0.39 is 35.6 Å². The summed E-state index contributed by atoms with van der Waals surface area (Å²) in [5.41, 5.74) is -0.873. The normalized spacial score (nSPS) is 18.8. The lowest BCUT2D eigenvalue weighted by molar-refractivity contribution is -0.138. The number of aromatic nitrogens is 4. The van der Waals surface area contributed by atoms with Crippen molar-refractivity contribution in [3.8, 4) is 17.4 Å². The molecular weight excluding hydrogens is 442 g/mol. The molecule has 2 unspecified atom stereocenters. The van der Waals surface area contributed by atoms with Crippen molar-refractivity contribution in [2.45, 2.75) is 38.1 Å². The minimum Gasteiger partial charge on any atom is -0.458 e. The van der Waals surface area contributed by atoms with E-state index in [9.17, 15) is 22.4 Å². The molecule has 11 heteroatoms. The van der Waals surface area contributed by atoms with Crippen LogP contribution >= 0.6 is 0 Å². The zero-order chi connectivity index (χ0) is 23.6. The van der Waals surface area contributed by atoms with E-state index in [1.54, 1.807) is 19.1 Å². The topological polar surface area (TPSA) is 81.1 Å². The molecule has 0 bridgehead atoms. The largest absolute Gasteiger partial charge is 0.458 e.